The average molecular weight is 545 g/mol. The number of carbonyl (C=O) groups excluding carboxylic acids is 1. The predicted octanol–water partition coefficient (Wildman–Crippen LogP) is 2.62. The summed E-state index contributed by atoms with van der Waals surface area (Å²) in [7, 11) is 3.62. The van der Waals surface area contributed by atoms with Crippen molar-refractivity contribution >= 4 is 29.4 Å². The van der Waals surface area contributed by atoms with Gasteiger partial charge in [-0.2, -0.15) is 4.98 Å². The largest absolute Gasteiger partial charge is 0.454 e. The van der Waals surface area contributed by atoms with E-state index in [1.165, 1.54) is 12.7 Å². The molecule has 5 unspecified atom stereocenters. The van der Waals surface area contributed by atoms with E-state index in [0.717, 1.165) is 5.56 Å². The number of rotatable bonds is 6. The van der Waals surface area contributed by atoms with Gasteiger partial charge in [0.1, 0.15) is 12.2 Å². The fraction of sp³-hybridized carbons (Fsp3) is 0.321. The molecular formula is C28H28N6O6. The Morgan fingerprint density at radius 3 is 2.60 bits per heavy atom. The number of nitrogens with zero attached hydrogens (tertiary/aromatic N) is 5. The molecule has 0 spiro atoms. The summed E-state index contributed by atoms with van der Waals surface area (Å²) in [6, 6.07) is 17.7. The van der Waals surface area contributed by atoms with Crippen LogP contribution in [0.4, 0.5) is 5.95 Å². The number of aliphatic imine (C=N–C) groups is 1. The molecule has 0 aliphatic carbocycles. The lowest BCUT2D eigenvalue weighted by molar-refractivity contribution is -0.305. The van der Waals surface area contributed by atoms with Gasteiger partial charge in [-0.3, -0.25) is 9.78 Å². The predicted molar refractivity (Wildman–Crippen MR) is 144 cm³/mol. The molecule has 12 nitrogen and oxygen atoms in total. The van der Waals surface area contributed by atoms with Gasteiger partial charge >= 0.3 is 5.97 Å². The Kier molecular flexibility index (Phi) is 7.11. The fourth-order valence-electron chi connectivity index (χ4n) is 4.84. The van der Waals surface area contributed by atoms with Crippen LogP contribution in [-0.4, -0.2) is 82.3 Å². The quantitative estimate of drug-likeness (QED) is 0.221. The van der Waals surface area contributed by atoms with Crippen LogP contribution in [0, 0.1) is 0 Å². The van der Waals surface area contributed by atoms with E-state index in [0.29, 0.717) is 5.56 Å². The molecule has 2 saturated heterocycles. The minimum atomic E-state index is -0.811. The number of ether oxygens (including phenoxy) is 4. The molecule has 40 heavy (non-hydrogen) atoms. The Morgan fingerprint density at radius 2 is 1.85 bits per heavy atom. The van der Waals surface area contributed by atoms with E-state index in [1.807, 2.05) is 50.5 Å². The molecule has 206 valence electrons. The molecule has 0 saturated carbocycles. The van der Waals surface area contributed by atoms with Gasteiger partial charge in [-0.25, -0.2) is 14.8 Å². The van der Waals surface area contributed by atoms with Crippen LogP contribution < -0.4 is 5.56 Å². The summed E-state index contributed by atoms with van der Waals surface area (Å²) in [5, 5.41) is 0. The monoisotopic (exact) mass is 544 g/mol. The van der Waals surface area contributed by atoms with Gasteiger partial charge in [-0.1, -0.05) is 48.5 Å². The van der Waals surface area contributed by atoms with Gasteiger partial charge in [-0.05, 0) is 12.1 Å². The Morgan fingerprint density at radius 1 is 1.10 bits per heavy atom. The van der Waals surface area contributed by atoms with Crippen LogP contribution in [-0.2, 0) is 18.9 Å². The number of H-pyrrole nitrogens is 1. The van der Waals surface area contributed by atoms with Crippen LogP contribution in [0.3, 0.4) is 0 Å². The number of aromatic amines is 1. The number of carbonyl (C=O) groups is 1. The molecule has 6 rings (SSSR count). The maximum absolute atomic E-state index is 13.3. The van der Waals surface area contributed by atoms with Crippen molar-refractivity contribution < 1.29 is 23.7 Å². The van der Waals surface area contributed by atoms with Crippen LogP contribution in [0.25, 0.3) is 11.2 Å². The third-order valence-corrected chi connectivity index (χ3v) is 6.76. The van der Waals surface area contributed by atoms with E-state index < -0.39 is 42.2 Å². The lowest BCUT2D eigenvalue weighted by atomic mass is 9.96. The number of hydrogen-bond acceptors (Lipinski definition) is 9. The number of nitrogens with one attached hydrogen (secondary N) is 1. The highest BCUT2D eigenvalue weighted by atomic mass is 16.7. The number of benzene rings is 2. The topological polar surface area (TPSA) is 133 Å². The molecule has 4 aromatic rings. The molecule has 2 aromatic heterocycles. The molecule has 2 aliphatic heterocycles. The fourth-order valence-corrected chi connectivity index (χ4v) is 4.84. The Balaban J connectivity index is 1.39. The van der Waals surface area contributed by atoms with Crippen LogP contribution in [0.5, 0.6) is 0 Å². The minimum absolute atomic E-state index is 0.117. The van der Waals surface area contributed by atoms with E-state index in [9.17, 15) is 9.59 Å². The van der Waals surface area contributed by atoms with Gasteiger partial charge in [0.05, 0.1) is 37.5 Å². The first kappa shape index (κ1) is 25.9. The number of aromatic nitrogens is 4. The highest BCUT2D eigenvalue weighted by molar-refractivity contribution is 5.89. The summed E-state index contributed by atoms with van der Waals surface area (Å²) in [4.78, 5) is 43.5. The van der Waals surface area contributed by atoms with Crippen molar-refractivity contribution in [3.05, 3.63) is 88.5 Å². The second-order valence-corrected chi connectivity index (χ2v) is 9.77. The van der Waals surface area contributed by atoms with Crippen LogP contribution in [0.1, 0.15) is 28.3 Å². The van der Waals surface area contributed by atoms with E-state index in [2.05, 4.69) is 19.9 Å². The first-order valence-corrected chi connectivity index (χ1v) is 12.8. The number of fused-ring (bicyclic) bond motifs is 2. The molecule has 4 heterocycles. The van der Waals surface area contributed by atoms with Gasteiger partial charge in [0.15, 0.2) is 23.6 Å². The first-order valence-electron chi connectivity index (χ1n) is 12.8. The number of imidazole rings is 1. The van der Waals surface area contributed by atoms with Gasteiger partial charge in [-0.15, -0.1) is 0 Å². The summed E-state index contributed by atoms with van der Waals surface area (Å²) in [6.07, 6.45) is 0.400. The highest BCUT2D eigenvalue weighted by Crippen LogP contribution is 2.38. The van der Waals surface area contributed by atoms with Crippen LogP contribution in [0.15, 0.2) is 76.8 Å². The lowest BCUT2D eigenvalue weighted by Gasteiger charge is -2.46. The van der Waals surface area contributed by atoms with Gasteiger partial charge in [0.2, 0.25) is 5.95 Å². The van der Waals surface area contributed by atoms with Crippen molar-refractivity contribution in [1.29, 1.82) is 0 Å². The molecule has 2 aromatic carbocycles. The SMILES string of the molecule is CN(C)/C=N/c1nc2c(ncn2C2COC3COC(c4ccccc4)OC3C2OC(=O)c2ccccc2)c(=O)[nH]1. The second-order valence-electron chi connectivity index (χ2n) is 9.77. The van der Waals surface area contributed by atoms with Crippen molar-refractivity contribution in [2.75, 3.05) is 27.3 Å². The Bertz CT molecular complexity index is 1570. The molecule has 5 atom stereocenters. The molecule has 12 heteroatoms. The van der Waals surface area contributed by atoms with Crippen molar-refractivity contribution in [2.24, 2.45) is 4.99 Å². The summed E-state index contributed by atoms with van der Waals surface area (Å²) >= 11 is 0. The summed E-state index contributed by atoms with van der Waals surface area (Å²) in [5.74, 6) is -0.388. The third kappa shape index (κ3) is 5.11. The Hall–Kier alpha value is -4.39. The number of esters is 1. The van der Waals surface area contributed by atoms with E-state index in [4.69, 9.17) is 18.9 Å². The van der Waals surface area contributed by atoms with E-state index >= 15 is 0 Å². The molecule has 2 aliphatic rings. The normalized spacial score (nSPS) is 24.6. The van der Waals surface area contributed by atoms with Crippen molar-refractivity contribution in [3.63, 3.8) is 0 Å². The molecule has 1 N–H and O–H groups in total. The minimum Gasteiger partial charge on any atom is -0.454 e. The van der Waals surface area contributed by atoms with E-state index in [1.54, 1.807) is 33.7 Å². The summed E-state index contributed by atoms with van der Waals surface area (Å²) in [6.45, 7) is 0.398. The standard InChI is InChI=1S/C28H28N6O6/c1-33(2)15-30-28-31-24-21(25(35)32-28)29-16-34(24)19-13-37-20-14-38-27(18-11-7-4-8-12-18)40-23(20)22(19)39-26(36)17-9-5-3-6-10-17/h3-12,15-16,19-20,22-23,27H,13-14H2,1-2H3,(H,31,32,35)/b30-15+. The van der Waals surface area contributed by atoms with Crippen molar-refractivity contribution in [2.45, 2.75) is 30.6 Å². The van der Waals surface area contributed by atoms with Gasteiger partial charge < -0.3 is 28.4 Å². The molecule has 0 radical (unpaired) electrons. The van der Waals surface area contributed by atoms with Crippen molar-refractivity contribution in [3.8, 4) is 0 Å². The second kappa shape index (κ2) is 11.0. The lowest BCUT2D eigenvalue weighted by Crippen LogP contribution is -2.57. The average Bonchev–Trinajstić information content (AvgIpc) is 3.41. The molecule has 0 bridgehead atoms. The van der Waals surface area contributed by atoms with Crippen LogP contribution >= 0.6 is 0 Å². The molecular weight excluding hydrogens is 516 g/mol. The highest BCUT2D eigenvalue weighted by Gasteiger charge is 2.49. The number of hydrogen-bond donors (Lipinski definition) is 1. The van der Waals surface area contributed by atoms with Crippen LogP contribution in [0.2, 0.25) is 0 Å². The third-order valence-electron chi connectivity index (χ3n) is 6.76. The van der Waals surface area contributed by atoms with Gasteiger partial charge in [0, 0.05) is 19.7 Å². The first-order chi connectivity index (χ1) is 19.5. The maximum atomic E-state index is 13.3. The zero-order chi connectivity index (χ0) is 27.6. The zero-order valence-electron chi connectivity index (χ0n) is 21.9. The zero-order valence-corrected chi connectivity index (χ0v) is 21.9. The molecule has 2 fully saturated rings. The Labute approximate surface area is 229 Å². The smallest absolute Gasteiger partial charge is 0.338 e. The maximum Gasteiger partial charge on any atom is 0.338 e. The summed E-state index contributed by atoms with van der Waals surface area (Å²) in [5.41, 5.74) is 1.22. The van der Waals surface area contributed by atoms with Crippen molar-refractivity contribution in [1.82, 2.24) is 24.4 Å². The molecule has 0 amide bonds. The van der Waals surface area contributed by atoms with E-state index in [-0.39, 0.29) is 30.3 Å². The summed E-state index contributed by atoms with van der Waals surface area (Å²) < 4.78 is 26.4. The van der Waals surface area contributed by atoms with Gasteiger partial charge in [0.25, 0.3) is 5.56 Å².